The van der Waals surface area contributed by atoms with Gasteiger partial charge in [-0.1, -0.05) is 95.3 Å². The number of imidazole rings is 1. The molecule has 14 nitrogen and oxygen atoms in total. The van der Waals surface area contributed by atoms with E-state index >= 15 is 0 Å². The van der Waals surface area contributed by atoms with Crippen molar-refractivity contribution in [2.75, 3.05) is 12.3 Å². The van der Waals surface area contributed by atoms with Crippen molar-refractivity contribution in [2.45, 2.75) is 141 Å². The fourth-order valence-corrected chi connectivity index (χ4v) is 7.66. The number of nitrogen functional groups attached to an aromatic ring is 1. The Labute approximate surface area is 317 Å². The van der Waals surface area contributed by atoms with Crippen molar-refractivity contribution >= 4 is 36.7 Å². The Morgan fingerprint density at radius 1 is 1.07 bits per heavy atom. The molecule has 0 spiro atoms. The van der Waals surface area contributed by atoms with Crippen LogP contribution >= 0.6 is 7.75 Å². The zero-order valence-electron chi connectivity index (χ0n) is 31.7. The number of carbonyl (C=O) groups excluding carboxylic acids is 2. The van der Waals surface area contributed by atoms with E-state index in [0.717, 1.165) is 19.3 Å². The molecule has 1 aliphatic heterocycles. The number of halogens is 1. The third-order valence-corrected chi connectivity index (χ3v) is 10.6. The first-order valence-electron chi connectivity index (χ1n) is 18.9. The maximum Gasteiger partial charge on any atom is 0.459 e. The van der Waals surface area contributed by atoms with Gasteiger partial charge in [0.05, 0.1) is 12.4 Å². The predicted octanol–water partition coefficient (Wildman–Crippen LogP) is 7.58. The lowest BCUT2D eigenvalue weighted by Crippen LogP contribution is -2.45. The highest BCUT2D eigenvalue weighted by Crippen LogP contribution is 2.48. The summed E-state index contributed by atoms with van der Waals surface area (Å²) in [7, 11) is -4.41. The van der Waals surface area contributed by atoms with Crippen molar-refractivity contribution in [2.24, 2.45) is 0 Å². The van der Waals surface area contributed by atoms with Crippen molar-refractivity contribution in [3.8, 4) is 18.1 Å². The lowest BCUT2D eigenvalue weighted by atomic mass is 9.98. The van der Waals surface area contributed by atoms with Gasteiger partial charge in [0.15, 0.2) is 22.6 Å². The quantitative estimate of drug-likeness (QED) is 0.0317. The van der Waals surface area contributed by atoms with Gasteiger partial charge in [0.2, 0.25) is 0 Å². The number of hydrogen-bond acceptors (Lipinski definition) is 12. The van der Waals surface area contributed by atoms with E-state index in [1.165, 1.54) is 62.8 Å². The van der Waals surface area contributed by atoms with Crippen molar-refractivity contribution in [3.05, 3.63) is 42.7 Å². The molecule has 0 radical (unpaired) electrons. The summed E-state index contributed by atoms with van der Waals surface area (Å²) in [6, 6.07) is 7.08. The topological polar surface area (TPSA) is 179 Å². The largest absolute Gasteiger partial charge is 0.462 e. The normalized spacial score (nSPS) is 20.0. The molecule has 0 aliphatic carbocycles. The third kappa shape index (κ3) is 12.2. The summed E-state index contributed by atoms with van der Waals surface area (Å²) in [6.45, 7) is 6.42. The Kier molecular flexibility index (Phi) is 16.2. The molecule has 1 saturated heterocycles. The van der Waals surface area contributed by atoms with Crippen molar-refractivity contribution in [1.82, 2.24) is 24.6 Å². The summed E-state index contributed by atoms with van der Waals surface area (Å²) >= 11 is 0. The fourth-order valence-electron chi connectivity index (χ4n) is 6.14. The van der Waals surface area contributed by atoms with E-state index in [1.54, 1.807) is 44.2 Å². The zero-order chi connectivity index (χ0) is 39.1. The standard InChI is InChI=1S/C38H54FN6O8P/c1-6-8-9-10-11-12-13-14-15-16-20-23-32(46)51-30-24-31(45-26-41-33-34(40)42-37(39)43-35(33)45)52-38(30,7-2)25-49-54(48,53-29-21-18-17-19-22-29)44-28(5)36(47)50-27(3)4/h2,17-19,21-22,26-28,30-31H,6,8-16,20,23-25H2,1,3-5H3,(H,44,48)(H2,40,42,43)/t28-,30-,31+,38+,54-/m0/s1. The first kappa shape index (κ1) is 42.6. The minimum Gasteiger partial charge on any atom is -0.462 e. The second kappa shape index (κ2) is 20.6. The predicted molar refractivity (Wildman–Crippen MR) is 201 cm³/mol. The number of anilines is 1. The van der Waals surface area contributed by atoms with Crippen LogP contribution in [0, 0.1) is 18.4 Å². The average Bonchev–Trinajstić information content (AvgIpc) is 3.71. The third-order valence-electron chi connectivity index (χ3n) is 8.99. The minimum atomic E-state index is -4.41. The van der Waals surface area contributed by atoms with Crippen LogP contribution in [0.4, 0.5) is 10.2 Å². The summed E-state index contributed by atoms with van der Waals surface area (Å²) in [6.07, 6.45) is 16.3. The molecule has 54 heavy (non-hydrogen) atoms. The van der Waals surface area contributed by atoms with Gasteiger partial charge in [-0.25, -0.2) is 9.55 Å². The molecule has 3 heterocycles. The van der Waals surface area contributed by atoms with Crippen LogP contribution in [0.5, 0.6) is 5.75 Å². The number of nitrogens with one attached hydrogen (secondary N) is 1. The number of hydrogen-bond donors (Lipinski definition) is 2. The number of ether oxygens (including phenoxy) is 3. The van der Waals surface area contributed by atoms with Crippen molar-refractivity contribution in [1.29, 1.82) is 0 Å². The number of para-hydroxylation sites is 1. The van der Waals surface area contributed by atoms with Crippen LogP contribution in [0.15, 0.2) is 36.7 Å². The van der Waals surface area contributed by atoms with Crippen LogP contribution in [-0.2, 0) is 32.9 Å². The highest BCUT2D eigenvalue weighted by atomic mass is 31.2. The molecule has 5 atom stereocenters. The molecular formula is C38H54FN6O8P. The van der Waals surface area contributed by atoms with Crippen LogP contribution < -0.4 is 15.3 Å². The summed E-state index contributed by atoms with van der Waals surface area (Å²) in [5.41, 5.74) is 4.22. The molecule has 1 aliphatic rings. The lowest BCUT2D eigenvalue weighted by Gasteiger charge is -2.31. The summed E-state index contributed by atoms with van der Waals surface area (Å²) < 4.78 is 59.4. The van der Waals surface area contributed by atoms with Gasteiger partial charge in [-0.15, -0.1) is 6.42 Å². The van der Waals surface area contributed by atoms with Gasteiger partial charge in [0.1, 0.15) is 30.7 Å². The van der Waals surface area contributed by atoms with E-state index in [1.807, 2.05) is 0 Å². The number of carbonyl (C=O) groups is 2. The van der Waals surface area contributed by atoms with Crippen LogP contribution in [0.1, 0.15) is 117 Å². The summed E-state index contributed by atoms with van der Waals surface area (Å²) in [4.78, 5) is 37.6. The average molecular weight is 773 g/mol. The van der Waals surface area contributed by atoms with Crippen molar-refractivity contribution in [3.63, 3.8) is 0 Å². The molecule has 3 N–H and O–H groups in total. The van der Waals surface area contributed by atoms with Gasteiger partial charge in [0.25, 0.3) is 0 Å². The Bertz CT molecular complexity index is 1750. The number of nitrogens with zero attached hydrogens (tertiary/aromatic N) is 4. The maximum atomic E-state index is 14.3. The number of esters is 2. The fraction of sp³-hybridized carbons (Fsp3) is 0.605. The van der Waals surface area contributed by atoms with Crippen LogP contribution in [-0.4, -0.2) is 61.9 Å². The van der Waals surface area contributed by atoms with E-state index in [4.69, 9.17) is 35.4 Å². The van der Waals surface area contributed by atoms with Gasteiger partial charge >= 0.3 is 25.8 Å². The molecule has 1 aromatic carbocycles. The molecular weight excluding hydrogens is 718 g/mol. The first-order chi connectivity index (χ1) is 25.9. The van der Waals surface area contributed by atoms with Gasteiger partial charge in [-0.05, 0) is 39.3 Å². The maximum absolute atomic E-state index is 14.3. The van der Waals surface area contributed by atoms with Crippen LogP contribution in [0.2, 0.25) is 0 Å². The number of fused-ring (bicyclic) bond motifs is 1. The summed E-state index contributed by atoms with van der Waals surface area (Å²) in [5.74, 6) is 1.37. The summed E-state index contributed by atoms with van der Waals surface area (Å²) in [5, 5.41) is 2.62. The number of rotatable bonds is 23. The lowest BCUT2D eigenvalue weighted by molar-refractivity contribution is -0.158. The molecule has 0 unspecified atom stereocenters. The Balaban J connectivity index is 1.50. The van der Waals surface area contributed by atoms with Crippen LogP contribution in [0.25, 0.3) is 11.2 Å². The smallest absolute Gasteiger partial charge is 0.459 e. The van der Waals surface area contributed by atoms with E-state index in [0.29, 0.717) is 6.42 Å². The highest BCUT2D eigenvalue weighted by Gasteiger charge is 2.53. The highest BCUT2D eigenvalue weighted by molar-refractivity contribution is 7.52. The molecule has 1 fully saturated rings. The number of unbranched alkanes of at least 4 members (excludes halogenated alkanes) is 10. The number of nitrogens with two attached hydrogens (primary N) is 1. The first-order valence-corrected chi connectivity index (χ1v) is 20.4. The van der Waals surface area contributed by atoms with E-state index in [2.05, 4.69) is 32.9 Å². The van der Waals surface area contributed by atoms with Gasteiger partial charge in [-0.3, -0.25) is 18.7 Å². The van der Waals surface area contributed by atoms with E-state index < -0.39 is 62.4 Å². The van der Waals surface area contributed by atoms with Crippen molar-refractivity contribution < 1.29 is 41.8 Å². The number of aromatic nitrogens is 4. The molecule has 0 bridgehead atoms. The molecule has 296 valence electrons. The second-order valence-electron chi connectivity index (χ2n) is 13.8. The van der Waals surface area contributed by atoms with Crippen LogP contribution in [0.3, 0.4) is 0 Å². The van der Waals surface area contributed by atoms with E-state index in [-0.39, 0.29) is 35.6 Å². The number of terminal acetylenes is 1. The van der Waals surface area contributed by atoms with E-state index in [9.17, 15) is 18.5 Å². The molecule has 4 rings (SSSR count). The molecule has 3 aromatic rings. The Morgan fingerprint density at radius 3 is 2.35 bits per heavy atom. The number of benzene rings is 1. The Morgan fingerprint density at radius 2 is 1.72 bits per heavy atom. The Hall–Kier alpha value is -4.09. The SMILES string of the molecule is C#C[C@]1(CO[P@@](=O)(N[C@@H](C)C(=O)OC(C)C)Oc2ccccc2)O[C@@H](n2cnc3c(N)nc(F)nc32)C[C@@H]1OC(=O)CCCCCCCCCCCCC. The van der Waals surface area contributed by atoms with Gasteiger partial charge < -0.3 is 24.5 Å². The molecule has 0 saturated carbocycles. The molecule has 0 amide bonds. The monoisotopic (exact) mass is 772 g/mol. The second-order valence-corrected chi connectivity index (χ2v) is 15.5. The minimum absolute atomic E-state index is 0.0249. The van der Waals surface area contributed by atoms with Gasteiger partial charge in [-0.2, -0.15) is 19.4 Å². The molecule has 16 heteroatoms. The molecule has 2 aromatic heterocycles. The zero-order valence-corrected chi connectivity index (χ0v) is 32.6. The van der Waals surface area contributed by atoms with Gasteiger partial charge in [0, 0.05) is 12.8 Å².